The van der Waals surface area contributed by atoms with E-state index in [0.717, 1.165) is 10.4 Å². The van der Waals surface area contributed by atoms with Crippen LogP contribution >= 0.6 is 11.3 Å². The fraction of sp³-hybridized carbons (Fsp3) is 0.143. The summed E-state index contributed by atoms with van der Waals surface area (Å²) >= 11 is 1.46. The Hall–Kier alpha value is -2.74. The van der Waals surface area contributed by atoms with Crippen LogP contribution in [-0.2, 0) is 11.3 Å². The topological polar surface area (TPSA) is 87.2 Å². The molecular formula is C14H11N3O4S. The normalized spacial score (nSPS) is 10.6. The minimum absolute atomic E-state index is 0.0758. The predicted octanol–water partition coefficient (Wildman–Crippen LogP) is 1.79. The van der Waals surface area contributed by atoms with Crippen LogP contribution in [0.2, 0.25) is 0 Å². The Morgan fingerprint density at radius 1 is 1.50 bits per heavy atom. The molecule has 0 N–H and O–H groups in total. The van der Waals surface area contributed by atoms with Gasteiger partial charge in [0.2, 0.25) is 5.89 Å². The van der Waals surface area contributed by atoms with E-state index in [2.05, 4.69) is 14.7 Å². The first-order chi connectivity index (χ1) is 10.7. The molecule has 0 spiro atoms. The lowest BCUT2D eigenvalue weighted by molar-refractivity contribution is 0.0594. The lowest BCUT2D eigenvalue weighted by atomic mass is 10.2. The second-order valence-electron chi connectivity index (χ2n) is 4.37. The Kier molecular flexibility index (Phi) is 3.84. The number of carbonyl (C=O) groups is 1. The maximum Gasteiger partial charge on any atom is 0.360 e. The molecule has 0 bridgehead atoms. The third-order valence-electron chi connectivity index (χ3n) is 2.96. The van der Waals surface area contributed by atoms with E-state index in [9.17, 15) is 9.59 Å². The standard InChI is InChI=1S/C14H11N3O4S/c1-20-14(19)10-7-21-12(16-10)6-17-3-2-9(4-13(17)18)11-5-15-8-22-11/h2-5,7-8H,6H2,1H3. The number of esters is 1. The molecule has 3 rings (SSSR count). The van der Waals surface area contributed by atoms with Crippen LogP contribution in [0, 0.1) is 0 Å². The number of hydrogen-bond donors (Lipinski definition) is 0. The highest BCUT2D eigenvalue weighted by molar-refractivity contribution is 7.13. The molecule has 0 radical (unpaired) electrons. The van der Waals surface area contributed by atoms with E-state index in [4.69, 9.17) is 4.42 Å². The highest BCUT2D eigenvalue weighted by Gasteiger charge is 2.13. The zero-order chi connectivity index (χ0) is 15.5. The maximum atomic E-state index is 12.1. The van der Waals surface area contributed by atoms with Gasteiger partial charge in [-0.15, -0.1) is 11.3 Å². The van der Waals surface area contributed by atoms with E-state index in [1.165, 1.54) is 35.3 Å². The molecule has 22 heavy (non-hydrogen) atoms. The number of thiazole rings is 1. The number of nitrogens with zero attached hydrogens (tertiary/aromatic N) is 3. The van der Waals surface area contributed by atoms with Crippen molar-refractivity contribution in [2.75, 3.05) is 7.11 Å². The largest absolute Gasteiger partial charge is 0.464 e. The first kappa shape index (κ1) is 14.2. The number of oxazole rings is 1. The second kappa shape index (κ2) is 5.94. The van der Waals surface area contributed by atoms with Gasteiger partial charge in [0.1, 0.15) is 12.8 Å². The molecule has 0 unspecified atom stereocenters. The fourth-order valence-electron chi connectivity index (χ4n) is 1.88. The summed E-state index contributed by atoms with van der Waals surface area (Å²) in [7, 11) is 1.26. The van der Waals surface area contributed by atoms with E-state index >= 15 is 0 Å². The first-order valence-corrected chi connectivity index (χ1v) is 7.17. The molecule has 0 aliphatic carbocycles. The van der Waals surface area contributed by atoms with Crippen LogP contribution in [0.4, 0.5) is 0 Å². The van der Waals surface area contributed by atoms with Crippen molar-refractivity contribution in [3.63, 3.8) is 0 Å². The lowest BCUT2D eigenvalue weighted by Gasteiger charge is -2.03. The highest BCUT2D eigenvalue weighted by Crippen LogP contribution is 2.21. The van der Waals surface area contributed by atoms with Gasteiger partial charge in [-0.3, -0.25) is 9.78 Å². The van der Waals surface area contributed by atoms with E-state index in [1.807, 2.05) is 6.07 Å². The van der Waals surface area contributed by atoms with Crippen molar-refractivity contribution in [3.8, 4) is 10.4 Å². The quantitative estimate of drug-likeness (QED) is 0.682. The van der Waals surface area contributed by atoms with Gasteiger partial charge >= 0.3 is 5.97 Å². The monoisotopic (exact) mass is 317 g/mol. The Bertz CT molecular complexity index is 851. The fourth-order valence-corrected chi connectivity index (χ4v) is 2.50. The average Bonchev–Trinajstić information content (AvgIpc) is 3.20. The number of ether oxygens (including phenoxy) is 1. The molecule has 0 fully saturated rings. The van der Waals surface area contributed by atoms with Gasteiger partial charge < -0.3 is 13.7 Å². The van der Waals surface area contributed by atoms with Crippen molar-refractivity contribution in [1.29, 1.82) is 0 Å². The lowest BCUT2D eigenvalue weighted by Crippen LogP contribution is -2.19. The van der Waals surface area contributed by atoms with Crippen molar-refractivity contribution in [1.82, 2.24) is 14.5 Å². The molecule has 0 amide bonds. The smallest absolute Gasteiger partial charge is 0.360 e. The van der Waals surface area contributed by atoms with Crippen molar-refractivity contribution >= 4 is 17.3 Å². The zero-order valence-electron chi connectivity index (χ0n) is 11.6. The molecule has 0 aromatic carbocycles. The molecule has 112 valence electrons. The molecule has 3 heterocycles. The third kappa shape index (κ3) is 2.82. The van der Waals surface area contributed by atoms with Crippen molar-refractivity contribution in [2.24, 2.45) is 0 Å². The summed E-state index contributed by atoms with van der Waals surface area (Å²) in [5, 5.41) is 0. The van der Waals surface area contributed by atoms with Gasteiger partial charge in [-0.2, -0.15) is 0 Å². The van der Waals surface area contributed by atoms with Crippen LogP contribution in [0.15, 0.2) is 45.5 Å². The van der Waals surface area contributed by atoms with E-state index < -0.39 is 5.97 Å². The summed E-state index contributed by atoms with van der Waals surface area (Å²) in [6, 6.07) is 3.34. The molecule has 0 aliphatic rings. The Labute approximate surface area is 128 Å². The molecule has 0 saturated carbocycles. The van der Waals surface area contributed by atoms with E-state index in [1.54, 1.807) is 17.9 Å². The van der Waals surface area contributed by atoms with Crippen LogP contribution < -0.4 is 5.56 Å². The van der Waals surface area contributed by atoms with Crippen LogP contribution in [0.3, 0.4) is 0 Å². The first-order valence-electron chi connectivity index (χ1n) is 6.29. The van der Waals surface area contributed by atoms with Gasteiger partial charge in [-0.1, -0.05) is 0 Å². The average molecular weight is 317 g/mol. The molecule has 7 nitrogen and oxygen atoms in total. The van der Waals surface area contributed by atoms with E-state index in [0.29, 0.717) is 0 Å². The van der Waals surface area contributed by atoms with Crippen molar-refractivity contribution in [3.05, 3.63) is 58.2 Å². The van der Waals surface area contributed by atoms with Crippen LogP contribution in [0.25, 0.3) is 10.4 Å². The highest BCUT2D eigenvalue weighted by atomic mass is 32.1. The Morgan fingerprint density at radius 2 is 2.36 bits per heavy atom. The van der Waals surface area contributed by atoms with Gasteiger partial charge in [0, 0.05) is 24.0 Å². The summed E-state index contributed by atoms with van der Waals surface area (Å²) in [5.74, 6) is -0.323. The molecular weight excluding hydrogens is 306 g/mol. The summed E-state index contributed by atoms with van der Waals surface area (Å²) in [6.07, 6.45) is 4.57. The predicted molar refractivity (Wildman–Crippen MR) is 78.8 cm³/mol. The minimum Gasteiger partial charge on any atom is -0.464 e. The van der Waals surface area contributed by atoms with Gasteiger partial charge in [-0.05, 0) is 6.07 Å². The van der Waals surface area contributed by atoms with Crippen LogP contribution in [0.5, 0.6) is 0 Å². The van der Waals surface area contributed by atoms with Gasteiger partial charge in [0.15, 0.2) is 5.69 Å². The molecule has 3 aromatic heterocycles. The Balaban J connectivity index is 1.82. The maximum absolute atomic E-state index is 12.1. The number of rotatable bonds is 4. The summed E-state index contributed by atoms with van der Waals surface area (Å²) in [4.78, 5) is 32.3. The number of methoxy groups -OCH3 is 1. The molecule has 0 saturated heterocycles. The van der Waals surface area contributed by atoms with Gasteiger partial charge in [0.25, 0.3) is 5.56 Å². The number of aromatic nitrogens is 3. The Morgan fingerprint density at radius 3 is 3.05 bits per heavy atom. The second-order valence-corrected chi connectivity index (χ2v) is 5.25. The van der Waals surface area contributed by atoms with E-state index in [-0.39, 0.29) is 23.7 Å². The SMILES string of the molecule is COC(=O)c1coc(Cn2ccc(-c3cncs3)cc2=O)n1. The summed E-state index contributed by atoms with van der Waals surface area (Å²) in [6.45, 7) is 0.138. The number of pyridine rings is 1. The van der Waals surface area contributed by atoms with Gasteiger partial charge in [-0.25, -0.2) is 9.78 Å². The summed E-state index contributed by atoms with van der Waals surface area (Å²) < 4.78 is 11.2. The summed E-state index contributed by atoms with van der Waals surface area (Å²) in [5.41, 5.74) is 2.41. The van der Waals surface area contributed by atoms with Crippen molar-refractivity contribution < 1.29 is 13.9 Å². The van der Waals surface area contributed by atoms with Gasteiger partial charge in [0.05, 0.1) is 17.5 Å². The number of hydrogen-bond acceptors (Lipinski definition) is 7. The van der Waals surface area contributed by atoms with Crippen LogP contribution in [-0.4, -0.2) is 27.6 Å². The van der Waals surface area contributed by atoms with Crippen molar-refractivity contribution in [2.45, 2.75) is 6.54 Å². The molecule has 0 atom stereocenters. The molecule has 8 heteroatoms. The minimum atomic E-state index is -0.581. The zero-order valence-corrected chi connectivity index (χ0v) is 12.4. The number of carbonyl (C=O) groups excluding carboxylic acids is 1. The van der Waals surface area contributed by atoms with Crippen LogP contribution in [0.1, 0.15) is 16.4 Å². The molecule has 3 aromatic rings. The third-order valence-corrected chi connectivity index (χ3v) is 3.79. The molecule has 0 aliphatic heterocycles.